The predicted octanol–water partition coefficient (Wildman–Crippen LogP) is 3.23. The van der Waals surface area contributed by atoms with Crippen LogP contribution in [0.1, 0.15) is 12.5 Å². The number of rotatable bonds is 2. The van der Waals surface area contributed by atoms with E-state index in [2.05, 4.69) is 0 Å². The number of methoxy groups -OCH3 is 1. The minimum absolute atomic E-state index is 0.526. The minimum Gasteiger partial charge on any atom is -0.495 e. The molecule has 0 saturated carbocycles. The highest BCUT2D eigenvalue weighted by Gasteiger charge is 2.22. The van der Waals surface area contributed by atoms with Crippen LogP contribution >= 0.6 is 11.6 Å². The summed E-state index contributed by atoms with van der Waals surface area (Å²) in [4.78, 5) is 0. The van der Waals surface area contributed by atoms with E-state index in [0.29, 0.717) is 16.3 Å². The van der Waals surface area contributed by atoms with Crippen molar-refractivity contribution in [2.75, 3.05) is 7.11 Å². The van der Waals surface area contributed by atoms with E-state index in [1.807, 2.05) is 12.1 Å². The highest BCUT2D eigenvalue weighted by molar-refractivity contribution is 6.37. The smallest absolute Gasteiger partial charge is 0.173 e. The number of hydrogen-bond acceptors (Lipinski definition) is 3. The average molecular weight is 262 g/mol. The molecule has 1 N–H and O–H groups in total. The zero-order valence-corrected chi connectivity index (χ0v) is 10.8. The van der Waals surface area contributed by atoms with Gasteiger partial charge in [-0.05, 0) is 30.0 Å². The van der Waals surface area contributed by atoms with Gasteiger partial charge in [-0.3, -0.25) is 0 Å². The van der Waals surface area contributed by atoms with Gasteiger partial charge in [-0.15, -0.1) is 0 Å². The first kappa shape index (κ1) is 12.7. The van der Waals surface area contributed by atoms with E-state index in [9.17, 15) is 5.11 Å². The molecule has 4 heteroatoms. The van der Waals surface area contributed by atoms with Crippen molar-refractivity contribution in [3.8, 4) is 11.8 Å². The van der Waals surface area contributed by atoms with E-state index >= 15 is 0 Å². The average Bonchev–Trinajstić information content (AvgIpc) is 2.39. The third kappa shape index (κ3) is 2.01. The second-order valence-electron chi connectivity index (χ2n) is 4.20. The molecular weight excluding hydrogens is 250 g/mol. The number of nitriles is 1. The predicted molar refractivity (Wildman–Crippen MR) is 70.7 cm³/mol. The normalized spacial score (nSPS) is 13.9. The van der Waals surface area contributed by atoms with Crippen LogP contribution in [-0.4, -0.2) is 12.2 Å². The van der Waals surface area contributed by atoms with Gasteiger partial charge >= 0.3 is 0 Å². The second-order valence-corrected chi connectivity index (χ2v) is 4.58. The number of halogens is 1. The molecule has 2 aromatic rings. The first-order chi connectivity index (χ1) is 8.49. The van der Waals surface area contributed by atoms with Crippen molar-refractivity contribution in [2.24, 2.45) is 0 Å². The Bertz CT molecular complexity index is 644. The third-order valence-corrected chi connectivity index (χ3v) is 3.31. The van der Waals surface area contributed by atoms with Crippen LogP contribution in [0, 0.1) is 11.3 Å². The maximum absolute atomic E-state index is 9.91. The summed E-state index contributed by atoms with van der Waals surface area (Å²) in [7, 11) is 1.56. The van der Waals surface area contributed by atoms with Crippen LogP contribution in [-0.2, 0) is 5.60 Å². The standard InChI is InChI=1S/C14H12ClNO2/c1-14(17,8-16)10-4-5-11-9(7-10)3-6-12(18-2)13(11)15/h3-7,17H,1-2H3. The highest BCUT2D eigenvalue weighted by Crippen LogP contribution is 2.34. The van der Waals surface area contributed by atoms with Gasteiger partial charge < -0.3 is 9.84 Å². The highest BCUT2D eigenvalue weighted by atomic mass is 35.5. The summed E-state index contributed by atoms with van der Waals surface area (Å²) >= 11 is 6.19. The number of hydrogen-bond donors (Lipinski definition) is 1. The molecule has 0 bridgehead atoms. The number of fused-ring (bicyclic) bond motifs is 1. The van der Waals surface area contributed by atoms with Crippen LogP contribution in [0.25, 0.3) is 10.8 Å². The van der Waals surface area contributed by atoms with Crippen LogP contribution in [0.15, 0.2) is 30.3 Å². The van der Waals surface area contributed by atoms with Gasteiger partial charge in [0.15, 0.2) is 5.60 Å². The van der Waals surface area contributed by atoms with Crippen molar-refractivity contribution < 1.29 is 9.84 Å². The molecule has 0 spiro atoms. The summed E-state index contributed by atoms with van der Waals surface area (Å²) < 4.78 is 5.14. The molecule has 1 unspecified atom stereocenters. The Morgan fingerprint density at radius 2 is 2.06 bits per heavy atom. The Morgan fingerprint density at radius 1 is 1.33 bits per heavy atom. The topological polar surface area (TPSA) is 53.2 Å². The van der Waals surface area contributed by atoms with E-state index in [-0.39, 0.29) is 0 Å². The Morgan fingerprint density at radius 3 is 2.67 bits per heavy atom. The molecule has 0 saturated heterocycles. The van der Waals surface area contributed by atoms with Crippen molar-refractivity contribution in [1.82, 2.24) is 0 Å². The lowest BCUT2D eigenvalue weighted by Crippen LogP contribution is -2.17. The van der Waals surface area contributed by atoms with E-state index < -0.39 is 5.60 Å². The number of ether oxygens (including phenoxy) is 1. The van der Waals surface area contributed by atoms with Crippen molar-refractivity contribution >= 4 is 22.4 Å². The quantitative estimate of drug-likeness (QED) is 0.845. The molecule has 0 heterocycles. The Hall–Kier alpha value is -1.76. The van der Waals surface area contributed by atoms with E-state index in [1.165, 1.54) is 6.92 Å². The third-order valence-electron chi connectivity index (χ3n) is 2.92. The molecule has 2 aromatic carbocycles. The van der Waals surface area contributed by atoms with E-state index in [0.717, 1.165) is 10.8 Å². The lowest BCUT2D eigenvalue weighted by molar-refractivity contribution is 0.120. The van der Waals surface area contributed by atoms with Gasteiger partial charge in [0.05, 0.1) is 12.1 Å². The summed E-state index contributed by atoms with van der Waals surface area (Å²) in [6.07, 6.45) is 0. The molecule has 0 aromatic heterocycles. The Kier molecular flexibility index (Phi) is 3.16. The van der Waals surface area contributed by atoms with Crippen LogP contribution in [0.2, 0.25) is 5.02 Å². The molecule has 0 aliphatic carbocycles. The molecular formula is C14H12ClNO2. The number of aliphatic hydroxyl groups is 1. The van der Waals surface area contributed by atoms with Gasteiger partial charge in [0.25, 0.3) is 0 Å². The SMILES string of the molecule is COc1ccc2cc(C(C)(O)C#N)ccc2c1Cl. The molecule has 0 radical (unpaired) electrons. The van der Waals surface area contributed by atoms with Crippen LogP contribution in [0.3, 0.4) is 0 Å². The molecule has 0 aliphatic heterocycles. The lowest BCUT2D eigenvalue weighted by atomic mass is 9.95. The zero-order chi connectivity index (χ0) is 13.3. The first-order valence-corrected chi connectivity index (χ1v) is 5.78. The summed E-state index contributed by atoms with van der Waals surface area (Å²) in [5.74, 6) is 0.601. The van der Waals surface area contributed by atoms with Gasteiger partial charge in [-0.2, -0.15) is 5.26 Å². The molecule has 92 valence electrons. The Balaban J connectivity index is 2.66. The fraction of sp³-hybridized carbons (Fsp3) is 0.214. The zero-order valence-electron chi connectivity index (χ0n) is 10.1. The minimum atomic E-state index is -1.50. The molecule has 0 amide bonds. The van der Waals surface area contributed by atoms with Crippen molar-refractivity contribution in [3.05, 3.63) is 40.9 Å². The van der Waals surface area contributed by atoms with E-state index in [1.54, 1.807) is 31.4 Å². The fourth-order valence-corrected chi connectivity index (χ4v) is 2.11. The van der Waals surface area contributed by atoms with Crippen molar-refractivity contribution in [3.63, 3.8) is 0 Å². The lowest BCUT2D eigenvalue weighted by Gasteiger charge is -2.15. The van der Waals surface area contributed by atoms with Gasteiger partial charge in [0, 0.05) is 5.39 Å². The van der Waals surface area contributed by atoms with Crippen LogP contribution in [0.4, 0.5) is 0 Å². The first-order valence-electron chi connectivity index (χ1n) is 5.40. The number of nitrogens with zero attached hydrogens (tertiary/aromatic N) is 1. The fourth-order valence-electron chi connectivity index (χ4n) is 1.80. The molecule has 0 fully saturated rings. The molecule has 2 rings (SSSR count). The van der Waals surface area contributed by atoms with Gasteiger partial charge in [0.2, 0.25) is 0 Å². The molecule has 0 aliphatic rings. The van der Waals surface area contributed by atoms with Crippen LogP contribution in [0.5, 0.6) is 5.75 Å². The largest absolute Gasteiger partial charge is 0.495 e. The summed E-state index contributed by atoms with van der Waals surface area (Å²) in [5.41, 5.74) is -0.959. The second kappa shape index (κ2) is 4.49. The van der Waals surface area contributed by atoms with Gasteiger partial charge in [0.1, 0.15) is 11.8 Å². The molecule has 3 nitrogen and oxygen atoms in total. The summed E-state index contributed by atoms with van der Waals surface area (Å²) in [6.45, 7) is 1.46. The van der Waals surface area contributed by atoms with Crippen molar-refractivity contribution in [1.29, 1.82) is 5.26 Å². The van der Waals surface area contributed by atoms with Gasteiger partial charge in [-0.25, -0.2) is 0 Å². The van der Waals surface area contributed by atoms with Crippen molar-refractivity contribution in [2.45, 2.75) is 12.5 Å². The van der Waals surface area contributed by atoms with Gasteiger partial charge in [-0.1, -0.05) is 29.8 Å². The summed E-state index contributed by atoms with van der Waals surface area (Å²) in [5, 5.41) is 21.0. The molecule has 18 heavy (non-hydrogen) atoms. The van der Waals surface area contributed by atoms with Crippen LogP contribution < -0.4 is 4.74 Å². The molecule has 1 atom stereocenters. The number of benzene rings is 2. The maximum atomic E-state index is 9.91. The van der Waals surface area contributed by atoms with E-state index in [4.69, 9.17) is 21.6 Å². The Labute approximate surface area is 110 Å². The monoisotopic (exact) mass is 261 g/mol. The summed E-state index contributed by atoms with van der Waals surface area (Å²) in [6, 6.07) is 10.7. The maximum Gasteiger partial charge on any atom is 0.173 e.